The summed E-state index contributed by atoms with van der Waals surface area (Å²) in [5, 5.41) is 1.55. The average Bonchev–Trinajstić information content (AvgIpc) is 2.90. The molecule has 5 N–H and O–H groups in total. The number of hydrogen-bond acceptors (Lipinski definition) is 4. The molecule has 40 heavy (non-hydrogen) atoms. The Morgan fingerprint density at radius 3 is 1.70 bits per heavy atom. The molecule has 0 bridgehead atoms. The van der Waals surface area contributed by atoms with Crippen LogP contribution in [0.5, 0.6) is 0 Å². The lowest BCUT2D eigenvalue weighted by molar-refractivity contribution is 0.482. The smallest absolute Gasteiger partial charge is 0.295 e. The molecule has 0 spiro atoms. The second-order valence-electron chi connectivity index (χ2n) is 11.9. The van der Waals surface area contributed by atoms with E-state index in [9.17, 15) is 13.0 Å². The van der Waals surface area contributed by atoms with E-state index < -0.39 is 10.1 Å². The zero-order valence-corrected chi connectivity index (χ0v) is 26.9. The molecule has 0 saturated heterocycles. The van der Waals surface area contributed by atoms with Gasteiger partial charge in [0.25, 0.3) is 10.1 Å². The fraction of sp³-hybridized carbons (Fsp3) is 0.706. The van der Waals surface area contributed by atoms with Crippen molar-refractivity contribution in [3.05, 3.63) is 41.5 Å². The second kappa shape index (κ2) is 21.3. The number of benzene rings is 2. The summed E-state index contributed by atoms with van der Waals surface area (Å²) in [5.41, 5.74) is 12.6. The van der Waals surface area contributed by atoms with Crippen LogP contribution in [-0.2, 0) is 23.0 Å². The predicted octanol–water partition coefficient (Wildman–Crippen LogP) is 9.34. The Morgan fingerprint density at radius 2 is 1.23 bits per heavy atom. The molecule has 2 aromatic rings. The normalized spacial score (nSPS) is 11.8. The van der Waals surface area contributed by atoms with E-state index in [-0.39, 0.29) is 11.1 Å². The summed E-state index contributed by atoms with van der Waals surface area (Å²) in [6, 6.07) is 9.73. The van der Waals surface area contributed by atoms with Crippen LogP contribution in [-0.4, -0.2) is 19.1 Å². The maximum atomic E-state index is 12.5. The molecule has 0 aliphatic carbocycles. The van der Waals surface area contributed by atoms with Gasteiger partial charge in [-0.2, -0.15) is 8.42 Å². The third-order valence-corrected chi connectivity index (χ3v) is 8.59. The van der Waals surface area contributed by atoms with Crippen molar-refractivity contribution in [3.8, 4) is 0 Å². The lowest BCUT2D eigenvalue weighted by atomic mass is 9.93. The average molecular weight is 577 g/mol. The molecule has 0 amide bonds. The SMILES string of the molecule is CC(C)CCC(N)N.CCCCCCCCCc1cc2ccccc2c(S(=O)(=O)O)c1CCCCCCCCC. The highest BCUT2D eigenvalue weighted by atomic mass is 32.2. The van der Waals surface area contributed by atoms with E-state index in [1.54, 1.807) is 0 Å². The van der Waals surface area contributed by atoms with Crippen molar-refractivity contribution in [2.45, 2.75) is 154 Å². The number of unbranched alkanes of at least 4 members (excludes halogenated alkanes) is 12. The summed E-state index contributed by atoms with van der Waals surface area (Å²) in [4.78, 5) is 0.152. The molecule has 0 saturated carbocycles. The van der Waals surface area contributed by atoms with Gasteiger partial charge in [0.15, 0.2) is 0 Å². The summed E-state index contributed by atoms with van der Waals surface area (Å²) in [6.07, 6.45) is 20.6. The summed E-state index contributed by atoms with van der Waals surface area (Å²) >= 11 is 0. The molecule has 0 aliphatic rings. The summed E-state index contributed by atoms with van der Waals surface area (Å²) in [7, 11) is -4.28. The number of rotatable bonds is 20. The van der Waals surface area contributed by atoms with Gasteiger partial charge in [-0.25, -0.2) is 0 Å². The minimum absolute atomic E-state index is 0.114. The van der Waals surface area contributed by atoms with Gasteiger partial charge in [0.05, 0.1) is 6.17 Å². The van der Waals surface area contributed by atoms with Crippen LogP contribution in [0.4, 0.5) is 0 Å². The van der Waals surface area contributed by atoms with Gasteiger partial charge in [-0.15, -0.1) is 0 Å². The van der Waals surface area contributed by atoms with Crippen molar-refractivity contribution in [2.24, 2.45) is 17.4 Å². The third-order valence-electron chi connectivity index (χ3n) is 7.61. The highest BCUT2D eigenvalue weighted by Gasteiger charge is 2.22. The zero-order chi connectivity index (χ0) is 29.8. The molecule has 0 heterocycles. The first kappa shape index (κ1) is 36.6. The molecular formula is C34H60N2O3S. The van der Waals surface area contributed by atoms with E-state index in [0.717, 1.165) is 67.4 Å². The van der Waals surface area contributed by atoms with Crippen LogP contribution in [0.1, 0.15) is 142 Å². The lowest BCUT2D eigenvalue weighted by Crippen LogP contribution is -2.30. The van der Waals surface area contributed by atoms with Crippen molar-refractivity contribution >= 4 is 20.9 Å². The van der Waals surface area contributed by atoms with E-state index in [1.807, 2.05) is 24.3 Å². The second-order valence-corrected chi connectivity index (χ2v) is 13.3. The van der Waals surface area contributed by atoms with Gasteiger partial charge < -0.3 is 11.5 Å². The van der Waals surface area contributed by atoms with Crippen LogP contribution < -0.4 is 11.5 Å². The van der Waals surface area contributed by atoms with Crippen LogP contribution in [0.15, 0.2) is 35.2 Å². The largest absolute Gasteiger partial charge is 0.316 e. The van der Waals surface area contributed by atoms with Crippen LogP contribution in [0.3, 0.4) is 0 Å². The van der Waals surface area contributed by atoms with Gasteiger partial charge in [0, 0.05) is 5.39 Å². The monoisotopic (exact) mass is 576 g/mol. The van der Waals surface area contributed by atoms with Crippen molar-refractivity contribution in [1.29, 1.82) is 0 Å². The molecular weight excluding hydrogens is 516 g/mol. The van der Waals surface area contributed by atoms with Gasteiger partial charge in [-0.3, -0.25) is 4.55 Å². The van der Waals surface area contributed by atoms with Crippen molar-refractivity contribution in [3.63, 3.8) is 0 Å². The van der Waals surface area contributed by atoms with Crippen molar-refractivity contribution in [2.75, 3.05) is 0 Å². The van der Waals surface area contributed by atoms with E-state index in [1.165, 1.54) is 70.6 Å². The molecule has 5 nitrogen and oxygen atoms in total. The first-order valence-corrected chi connectivity index (χ1v) is 17.6. The predicted molar refractivity (Wildman–Crippen MR) is 173 cm³/mol. The number of hydrogen-bond donors (Lipinski definition) is 3. The fourth-order valence-corrected chi connectivity index (χ4v) is 6.27. The number of aryl methyl sites for hydroxylation is 1. The van der Waals surface area contributed by atoms with Gasteiger partial charge in [0.1, 0.15) is 4.90 Å². The summed E-state index contributed by atoms with van der Waals surface area (Å²) < 4.78 is 35.1. The van der Waals surface area contributed by atoms with E-state index >= 15 is 0 Å². The third kappa shape index (κ3) is 15.5. The topological polar surface area (TPSA) is 106 Å². The van der Waals surface area contributed by atoms with Gasteiger partial charge >= 0.3 is 0 Å². The van der Waals surface area contributed by atoms with Crippen LogP contribution in [0, 0.1) is 5.92 Å². The lowest BCUT2D eigenvalue weighted by Gasteiger charge is -2.17. The number of fused-ring (bicyclic) bond motifs is 1. The molecule has 0 radical (unpaired) electrons. The maximum absolute atomic E-state index is 12.5. The maximum Gasteiger partial charge on any atom is 0.295 e. The zero-order valence-electron chi connectivity index (χ0n) is 26.1. The Balaban J connectivity index is 0.000000869. The van der Waals surface area contributed by atoms with E-state index in [0.29, 0.717) is 5.39 Å². The Bertz CT molecular complexity index is 1030. The molecule has 6 heteroatoms. The van der Waals surface area contributed by atoms with Gasteiger partial charge in [0.2, 0.25) is 0 Å². The quantitative estimate of drug-likeness (QED) is 0.0827. The van der Waals surface area contributed by atoms with Gasteiger partial charge in [-0.05, 0) is 61.0 Å². The highest BCUT2D eigenvalue weighted by molar-refractivity contribution is 7.86. The Hall–Kier alpha value is -1.47. The standard InChI is InChI=1S/C28H44O3S.C6H16N2/c1-3-5-7-9-11-13-15-19-24-23-25-20-17-18-22-27(25)28(32(29,30)31)26(24)21-16-14-12-10-8-6-4-2;1-5(2)3-4-6(7)8/h17-18,20,22-23H,3-16,19,21H2,1-2H3,(H,29,30,31);5-6H,3-4,7-8H2,1-2H3. The molecule has 0 aliphatic heterocycles. The van der Waals surface area contributed by atoms with Crippen LogP contribution in [0.25, 0.3) is 10.8 Å². The fourth-order valence-electron chi connectivity index (χ4n) is 5.26. The Kier molecular flexibility index (Phi) is 19.4. The van der Waals surface area contributed by atoms with Gasteiger partial charge in [-0.1, -0.05) is 135 Å². The van der Waals surface area contributed by atoms with Crippen LogP contribution >= 0.6 is 0 Å². The van der Waals surface area contributed by atoms with Crippen molar-refractivity contribution in [1.82, 2.24) is 0 Å². The van der Waals surface area contributed by atoms with Crippen LogP contribution in [0.2, 0.25) is 0 Å². The van der Waals surface area contributed by atoms with E-state index in [4.69, 9.17) is 11.5 Å². The molecule has 2 aromatic carbocycles. The minimum atomic E-state index is -4.28. The molecule has 2 rings (SSSR count). The summed E-state index contributed by atoms with van der Waals surface area (Å²) in [5.74, 6) is 0.726. The summed E-state index contributed by atoms with van der Waals surface area (Å²) in [6.45, 7) is 8.80. The Labute approximate surface area is 246 Å². The molecule has 230 valence electrons. The first-order chi connectivity index (χ1) is 19.1. The Morgan fingerprint density at radius 1 is 0.725 bits per heavy atom. The van der Waals surface area contributed by atoms with Crippen molar-refractivity contribution < 1.29 is 13.0 Å². The molecule has 0 atom stereocenters. The van der Waals surface area contributed by atoms with E-state index in [2.05, 4.69) is 33.8 Å². The molecule has 0 unspecified atom stereocenters. The minimum Gasteiger partial charge on any atom is -0.316 e. The highest BCUT2D eigenvalue weighted by Crippen LogP contribution is 2.32. The molecule has 0 fully saturated rings. The molecule has 0 aromatic heterocycles. The number of nitrogens with two attached hydrogens (primary N) is 2. The first-order valence-electron chi connectivity index (χ1n) is 16.1.